The molecular weight excluding hydrogens is 235 g/mol. The van der Waals surface area contributed by atoms with Crippen LogP contribution in [0.5, 0.6) is 0 Å². The zero-order valence-electron chi connectivity index (χ0n) is 9.90. The van der Waals surface area contributed by atoms with Crippen molar-refractivity contribution >= 4 is 11.3 Å². The molecular formula is C13H15FN2S. The molecule has 2 nitrogen and oxygen atoms in total. The van der Waals surface area contributed by atoms with Gasteiger partial charge >= 0.3 is 0 Å². The average Bonchev–Trinajstić information content (AvgIpc) is 2.75. The van der Waals surface area contributed by atoms with Gasteiger partial charge in [-0.05, 0) is 31.5 Å². The van der Waals surface area contributed by atoms with Gasteiger partial charge in [0, 0.05) is 17.6 Å². The molecule has 0 aliphatic heterocycles. The fraction of sp³-hybridized carbons (Fsp3) is 0.308. The molecule has 0 spiro atoms. The van der Waals surface area contributed by atoms with Crippen LogP contribution in [0.15, 0.2) is 30.5 Å². The van der Waals surface area contributed by atoms with Crippen LogP contribution in [0.3, 0.4) is 0 Å². The van der Waals surface area contributed by atoms with Crippen molar-refractivity contribution in [1.82, 2.24) is 10.3 Å². The van der Waals surface area contributed by atoms with E-state index in [-0.39, 0.29) is 11.9 Å². The van der Waals surface area contributed by atoms with Crippen molar-refractivity contribution in [3.05, 3.63) is 51.7 Å². The Kier molecular flexibility index (Phi) is 3.86. The number of aromatic nitrogens is 1. The first-order chi connectivity index (χ1) is 8.15. The van der Waals surface area contributed by atoms with E-state index >= 15 is 0 Å². The molecule has 1 N–H and O–H groups in total. The lowest BCUT2D eigenvalue weighted by molar-refractivity contribution is 0.570. The van der Waals surface area contributed by atoms with Crippen molar-refractivity contribution in [3.8, 4) is 0 Å². The van der Waals surface area contributed by atoms with Crippen LogP contribution in [0.2, 0.25) is 0 Å². The lowest BCUT2D eigenvalue weighted by Crippen LogP contribution is -2.17. The fourth-order valence-electron chi connectivity index (χ4n) is 1.53. The van der Waals surface area contributed by atoms with Gasteiger partial charge in [-0.25, -0.2) is 9.37 Å². The monoisotopic (exact) mass is 250 g/mol. The van der Waals surface area contributed by atoms with E-state index in [0.717, 1.165) is 17.1 Å². The average molecular weight is 250 g/mol. The topological polar surface area (TPSA) is 24.9 Å². The highest BCUT2D eigenvalue weighted by molar-refractivity contribution is 7.11. The molecule has 17 heavy (non-hydrogen) atoms. The van der Waals surface area contributed by atoms with Crippen LogP contribution in [0, 0.1) is 12.7 Å². The SMILES string of the molecule is Cc1cnc(C(C)NCc2ccc(F)cc2)s1. The van der Waals surface area contributed by atoms with Gasteiger partial charge in [-0.3, -0.25) is 0 Å². The number of aryl methyl sites for hydroxylation is 1. The summed E-state index contributed by atoms with van der Waals surface area (Å²) >= 11 is 1.70. The van der Waals surface area contributed by atoms with E-state index < -0.39 is 0 Å². The molecule has 1 aromatic heterocycles. The van der Waals surface area contributed by atoms with E-state index in [1.165, 1.54) is 17.0 Å². The first-order valence-electron chi connectivity index (χ1n) is 5.55. The van der Waals surface area contributed by atoms with E-state index in [4.69, 9.17) is 0 Å². The largest absolute Gasteiger partial charge is 0.304 e. The summed E-state index contributed by atoms with van der Waals surface area (Å²) in [4.78, 5) is 5.56. The molecule has 2 aromatic rings. The zero-order valence-corrected chi connectivity index (χ0v) is 10.7. The zero-order chi connectivity index (χ0) is 12.3. The Morgan fingerprint density at radius 1 is 1.35 bits per heavy atom. The van der Waals surface area contributed by atoms with E-state index in [2.05, 4.69) is 17.2 Å². The van der Waals surface area contributed by atoms with E-state index in [1.54, 1.807) is 23.5 Å². The van der Waals surface area contributed by atoms with Crippen LogP contribution in [0.4, 0.5) is 4.39 Å². The Labute approximate surface area is 105 Å². The second-order valence-corrected chi connectivity index (χ2v) is 5.30. The summed E-state index contributed by atoms with van der Waals surface area (Å²) in [5, 5.41) is 4.46. The van der Waals surface area contributed by atoms with Crippen molar-refractivity contribution in [3.63, 3.8) is 0 Å². The number of thiazole rings is 1. The van der Waals surface area contributed by atoms with E-state index in [0.29, 0.717) is 0 Å². The maximum Gasteiger partial charge on any atom is 0.123 e. The molecule has 1 heterocycles. The maximum atomic E-state index is 12.7. The molecule has 0 saturated carbocycles. The number of nitrogens with zero attached hydrogens (tertiary/aromatic N) is 1. The number of benzene rings is 1. The van der Waals surface area contributed by atoms with Crippen molar-refractivity contribution in [2.24, 2.45) is 0 Å². The molecule has 1 atom stereocenters. The van der Waals surface area contributed by atoms with Gasteiger partial charge in [-0.15, -0.1) is 11.3 Å². The maximum absolute atomic E-state index is 12.7. The van der Waals surface area contributed by atoms with Gasteiger partial charge in [0.1, 0.15) is 10.8 Å². The van der Waals surface area contributed by atoms with Crippen LogP contribution in [0.1, 0.15) is 28.4 Å². The summed E-state index contributed by atoms with van der Waals surface area (Å²) < 4.78 is 12.7. The molecule has 0 aliphatic rings. The van der Waals surface area contributed by atoms with Gasteiger partial charge in [0.15, 0.2) is 0 Å². The summed E-state index contributed by atoms with van der Waals surface area (Å²) in [5.41, 5.74) is 1.08. The predicted molar refractivity (Wildman–Crippen MR) is 68.5 cm³/mol. The van der Waals surface area contributed by atoms with Crippen LogP contribution in [0.25, 0.3) is 0 Å². The molecule has 0 radical (unpaired) electrons. The molecule has 1 aromatic carbocycles. The summed E-state index contributed by atoms with van der Waals surface area (Å²) in [6, 6.07) is 6.77. The van der Waals surface area contributed by atoms with Crippen molar-refractivity contribution in [1.29, 1.82) is 0 Å². The van der Waals surface area contributed by atoms with Crippen LogP contribution in [-0.4, -0.2) is 4.98 Å². The van der Waals surface area contributed by atoms with Gasteiger partial charge in [-0.2, -0.15) is 0 Å². The Morgan fingerprint density at radius 3 is 2.65 bits per heavy atom. The first kappa shape index (κ1) is 12.2. The van der Waals surface area contributed by atoms with Crippen LogP contribution in [-0.2, 0) is 6.54 Å². The molecule has 0 saturated heterocycles. The molecule has 0 fully saturated rings. The third-order valence-corrected chi connectivity index (χ3v) is 3.63. The number of hydrogen-bond donors (Lipinski definition) is 1. The molecule has 2 rings (SSSR count). The van der Waals surface area contributed by atoms with Crippen molar-refractivity contribution in [2.75, 3.05) is 0 Å². The summed E-state index contributed by atoms with van der Waals surface area (Å²) in [6.45, 7) is 4.86. The Bertz CT molecular complexity index is 478. The minimum atomic E-state index is -0.197. The standard InChI is InChI=1S/C13H15FN2S/c1-9-7-16-13(17-9)10(2)15-8-11-3-5-12(14)6-4-11/h3-7,10,15H,8H2,1-2H3. The van der Waals surface area contributed by atoms with Gasteiger partial charge in [0.05, 0.1) is 6.04 Å². The molecule has 4 heteroatoms. The van der Waals surface area contributed by atoms with Gasteiger partial charge < -0.3 is 5.32 Å². The second kappa shape index (κ2) is 5.38. The van der Waals surface area contributed by atoms with Crippen LogP contribution >= 0.6 is 11.3 Å². The van der Waals surface area contributed by atoms with Gasteiger partial charge in [-0.1, -0.05) is 12.1 Å². The second-order valence-electron chi connectivity index (χ2n) is 4.04. The minimum absolute atomic E-state index is 0.197. The lowest BCUT2D eigenvalue weighted by atomic mass is 10.2. The highest BCUT2D eigenvalue weighted by atomic mass is 32.1. The molecule has 0 amide bonds. The lowest BCUT2D eigenvalue weighted by Gasteiger charge is -2.10. The van der Waals surface area contributed by atoms with Crippen molar-refractivity contribution < 1.29 is 4.39 Å². The highest BCUT2D eigenvalue weighted by Gasteiger charge is 2.08. The summed E-state index contributed by atoms with van der Waals surface area (Å²) in [7, 11) is 0. The van der Waals surface area contributed by atoms with Crippen LogP contribution < -0.4 is 5.32 Å². The number of rotatable bonds is 4. The van der Waals surface area contributed by atoms with Gasteiger partial charge in [0.25, 0.3) is 0 Å². The Hall–Kier alpha value is -1.26. The highest BCUT2D eigenvalue weighted by Crippen LogP contribution is 2.19. The molecule has 1 unspecified atom stereocenters. The van der Waals surface area contributed by atoms with Crippen molar-refractivity contribution in [2.45, 2.75) is 26.4 Å². The Morgan fingerprint density at radius 2 is 2.06 bits per heavy atom. The predicted octanol–water partition coefficient (Wildman–Crippen LogP) is 3.44. The normalized spacial score (nSPS) is 12.6. The third-order valence-electron chi connectivity index (χ3n) is 2.54. The fourth-order valence-corrected chi connectivity index (χ4v) is 2.33. The Balaban J connectivity index is 1.92. The van der Waals surface area contributed by atoms with E-state index in [1.807, 2.05) is 13.1 Å². The third kappa shape index (κ3) is 3.35. The number of hydrogen-bond acceptors (Lipinski definition) is 3. The van der Waals surface area contributed by atoms with E-state index in [9.17, 15) is 4.39 Å². The molecule has 90 valence electrons. The summed E-state index contributed by atoms with van der Waals surface area (Å²) in [6.07, 6.45) is 1.88. The minimum Gasteiger partial charge on any atom is -0.304 e. The van der Waals surface area contributed by atoms with Gasteiger partial charge in [0.2, 0.25) is 0 Å². The quantitative estimate of drug-likeness (QED) is 0.899. The molecule has 0 aliphatic carbocycles. The number of nitrogens with one attached hydrogen (secondary N) is 1. The summed E-state index contributed by atoms with van der Waals surface area (Å²) in [5.74, 6) is -0.197. The first-order valence-corrected chi connectivity index (χ1v) is 6.37. The molecule has 0 bridgehead atoms. The number of halogens is 1. The smallest absolute Gasteiger partial charge is 0.123 e.